The smallest absolute Gasteiger partial charge is 0.265 e. The number of unbranched alkanes of at least 4 members (excludes halogenated alkanes) is 2. The fraction of sp³-hybridized carbons (Fsp3) is 0.629. The number of hydrogen-bond donors (Lipinski definition) is 1. The number of aliphatic hydroxyl groups excluding tert-OH is 1. The number of ether oxygens (including phenoxy) is 2. The van der Waals surface area contributed by atoms with Crippen molar-refractivity contribution in [3.63, 3.8) is 0 Å². The molecule has 0 spiro atoms. The average Bonchev–Trinajstić information content (AvgIpc) is 3.42. The van der Waals surface area contributed by atoms with Crippen LogP contribution in [0.2, 0.25) is 23.3 Å². The first-order chi connectivity index (χ1) is 22.6. The van der Waals surface area contributed by atoms with E-state index < -0.39 is 49.1 Å². The monoisotopic (exact) mass is 701 g/mol. The van der Waals surface area contributed by atoms with Crippen molar-refractivity contribution in [1.82, 2.24) is 15.0 Å². The van der Waals surface area contributed by atoms with Crippen LogP contribution in [0.25, 0.3) is 0 Å². The molecule has 4 atom stereocenters. The molecule has 0 fully saturated rings. The van der Waals surface area contributed by atoms with Crippen LogP contribution in [0.4, 0.5) is 0 Å². The van der Waals surface area contributed by atoms with Gasteiger partial charge >= 0.3 is 0 Å². The number of halogens is 1. The van der Waals surface area contributed by atoms with Gasteiger partial charge in [-0.05, 0) is 69.0 Å². The lowest BCUT2D eigenvalue weighted by Gasteiger charge is -2.55. The summed E-state index contributed by atoms with van der Waals surface area (Å²) in [6.07, 6.45) is 4.19. The summed E-state index contributed by atoms with van der Waals surface area (Å²) in [7, 11) is 0.899. The number of aldehydes is 1. The lowest BCUT2D eigenvalue weighted by molar-refractivity contribution is -0.0480. The summed E-state index contributed by atoms with van der Waals surface area (Å²) in [4.78, 5) is 48.3. The van der Waals surface area contributed by atoms with Gasteiger partial charge in [-0.15, -0.1) is 0 Å². The SMILES string of the molecule is CCCCOc1noc2c1C(=O)[C@@]1(O[Si](C)(C)C(C)(C)C)C(O)=C3C(=O)c4c(c(Cl)nc(C=O)c4OCCCC)C[C@H]3C[C@H]1[C@@H]2N(C)C. The maximum atomic E-state index is 15.2. The summed E-state index contributed by atoms with van der Waals surface area (Å²) in [6.45, 7) is 14.8. The number of carbonyl (C=O) groups excluding carboxylic acids is 3. The van der Waals surface area contributed by atoms with Crippen molar-refractivity contribution < 1.29 is 37.9 Å². The van der Waals surface area contributed by atoms with E-state index >= 15 is 4.79 Å². The van der Waals surface area contributed by atoms with Crippen molar-refractivity contribution in [3.05, 3.63) is 44.6 Å². The lowest BCUT2D eigenvalue weighted by Crippen LogP contribution is -2.65. The van der Waals surface area contributed by atoms with Crippen molar-refractivity contribution >= 4 is 37.8 Å². The molecule has 2 aromatic rings. The molecule has 11 nitrogen and oxygen atoms in total. The quantitative estimate of drug-likeness (QED) is 0.103. The summed E-state index contributed by atoms with van der Waals surface area (Å²) in [5.74, 6) is -2.29. The van der Waals surface area contributed by atoms with E-state index in [-0.39, 0.29) is 63.7 Å². The van der Waals surface area contributed by atoms with E-state index in [0.29, 0.717) is 30.6 Å². The second-order valence-electron chi connectivity index (χ2n) is 14.9. The summed E-state index contributed by atoms with van der Waals surface area (Å²) in [6, 6.07) is -0.558. The molecule has 0 amide bonds. The molecule has 0 bridgehead atoms. The Labute approximate surface area is 288 Å². The molecule has 2 heterocycles. The Kier molecular flexibility index (Phi) is 10.1. The summed E-state index contributed by atoms with van der Waals surface area (Å²) in [5, 5.41) is 16.6. The van der Waals surface area contributed by atoms with E-state index in [9.17, 15) is 14.7 Å². The minimum Gasteiger partial charge on any atom is -0.508 e. The molecule has 1 N–H and O–H groups in total. The van der Waals surface area contributed by atoms with Crippen molar-refractivity contribution in [1.29, 1.82) is 0 Å². The number of aliphatic hydroxyl groups is 1. The van der Waals surface area contributed by atoms with Crippen LogP contribution in [0.15, 0.2) is 15.9 Å². The number of pyridine rings is 1. The van der Waals surface area contributed by atoms with Gasteiger partial charge in [-0.3, -0.25) is 19.3 Å². The number of fused-ring (bicyclic) bond motifs is 4. The molecule has 0 saturated carbocycles. The molecule has 2 aromatic heterocycles. The van der Waals surface area contributed by atoms with Gasteiger partial charge in [0.15, 0.2) is 37.5 Å². The van der Waals surface area contributed by atoms with Crippen LogP contribution in [0, 0.1) is 11.8 Å². The van der Waals surface area contributed by atoms with E-state index in [2.05, 4.69) is 30.9 Å². The number of carbonyl (C=O) groups is 3. The highest BCUT2D eigenvalue weighted by atomic mass is 35.5. The number of nitrogens with zero attached hydrogens (tertiary/aromatic N) is 3. The lowest BCUT2D eigenvalue weighted by atomic mass is 9.58. The van der Waals surface area contributed by atoms with E-state index in [0.717, 1.165) is 19.3 Å². The highest BCUT2D eigenvalue weighted by Crippen LogP contribution is 2.60. The minimum absolute atomic E-state index is 0.0338. The van der Waals surface area contributed by atoms with E-state index in [1.165, 1.54) is 0 Å². The van der Waals surface area contributed by atoms with Gasteiger partial charge in [-0.1, -0.05) is 59.1 Å². The summed E-state index contributed by atoms with van der Waals surface area (Å²) < 4.78 is 25.1. The number of Topliss-reactive ketones (excluding diaryl/α,β-unsaturated/α-hetero) is 2. The van der Waals surface area contributed by atoms with Crippen LogP contribution in [-0.2, 0) is 10.8 Å². The highest BCUT2D eigenvalue weighted by Gasteiger charge is 2.67. The van der Waals surface area contributed by atoms with Crippen LogP contribution in [0.5, 0.6) is 11.6 Å². The first-order valence-electron chi connectivity index (χ1n) is 16.9. The van der Waals surface area contributed by atoms with Gasteiger partial charge in [0.05, 0.1) is 24.8 Å². The molecule has 3 aliphatic carbocycles. The largest absolute Gasteiger partial charge is 0.508 e. The van der Waals surface area contributed by atoms with Crippen molar-refractivity contribution in [2.45, 2.75) is 103 Å². The third kappa shape index (κ3) is 5.72. The van der Waals surface area contributed by atoms with Crippen molar-refractivity contribution in [2.75, 3.05) is 27.3 Å². The molecule has 0 saturated heterocycles. The Morgan fingerprint density at radius 2 is 1.75 bits per heavy atom. The predicted molar refractivity (Wildman–Crippen MR) is 183 cm³/mol. The van der Waals surface area contributed by atoms with Crippen molar-refractivity contribution in [3.8, 4) is 11.6 Å². The molecule has 0 unspecified atom stereocenters. The molecule has 0 aromatic carbocycles. The predicted octanol–water partition coefficient (Wildman–Crippen LogP) is 7.34. The van der Waals surface area contributed by atoms with Gasteiger partial charge < -0.3 is 23.5 Å². The molecule has 13 heteroatoms. The fourth-order valence-corrected chi connectivity index (χ4v) is 8.72. The first-order valence-corrected chi connectivity index (χ1v) is 20.2. The number of ketones is 2. The Balaban J connectivity index is 1.80. The Hall–Kier alpha value is -3.06. The second kappa shape index (κ2) is 13.3. The van der Waals surface area contributed by atoms with Crippen LogP contribution >= 0.6 is 11.6 Å². The topological polar surface area (TPSA) is 141 Å². The Bertz CT molecular complexity index is 1640. The number of hydrogen-bond acceptors (Lipinski definition) is 11. The third-order valence-electron chi connectivity index (χ3n) is 10.5. The molecule has 262 valence electrons. The standard InChI is InChI=1S/C35H48ClN3O8Si/c1-10-12-14-44-28-22(18-40)37-32(36)20-16-19-17-21-26(39(6)7)29-25(33(38-46-29)45-15-13-11-2)31(43)35(21,47-48(8,9)34(3,4)5)30(42)23(19)27(41)24(20)28/h18-19,21,26,42H,10-17H2,1-9H3/t19-,21-,26-,35-/m0/s1. The first kappa shape index (κ1) is 36.2. The van der Waals surface area contributed by atoms with E-state index in [4.69, 9.17) is 30.0 Å². The van der Waals surface area contributed by atoms with Crippen LogP contribution < -0.4 is 9.47 Å². The average molecular weight is 702 g/mol. The van der Waals surface area contributed by atoms with Crippen molar-refractivity contribution in [2.24, 2.45) is 11.8 Å². The second-order valence-corrected chi connectivity index (χ2v) is 20.0. The maximum Gasteiger partial charge on any atom is 0.265 e. The van der Waals surface area contributed by atoms with Gasteiger partial charge in [-0.2, -0.15) is 0 Å². The zero-order valence-electron chi connectivity index (χ0n) is 29.5. The molecule has 3 aliphatic rings. The maximum absolute atomic E-state index is 15.2. The Morgan fingerprint density at radius 3 is 2.33 bits per heavy atom. The fourth-order valence-electron chi connectivity index (χ4n) is 7.01. The summed E-state index contributed by atoms with van der Waals surface area (Å²) in [5.41, 5.74) is -1.30. The number of rotatable bonds is 12. The highest BCUT2D eigenvalue weighted by molar-refractivity contribution is 6.74. The normalized spacial score (nSPS) is 23.9. The molecule has 0 radical (unpaired) electrons. The molecular weight excluding hydrogens is 654 g/mol. The van der Waals surface area contributed by atoms with Gasteiger partial charge in [0.1, 0.15) is 22.2 Å². The molecule has 5 rings (SSSR count). The molecule has 0 aliphatic heterocycles. The van der Waals surface area contributed by atoms with Gasteiger partial charge in [0.2, 0.25) is 5.78 Å². The van der Waals surface area contributed by atoms with Crippen LogP contribution in [-0.4, -0.2) is 79.2 Å². The zero-order chi connectivity index (χ0) is 35.3. The van der Waals surface area contributed by atoms with Gasteiger partial charge in [0.25, 0.3) is 5.88 Å². The van der Waals surface area contributed by atoms with E-state index in [1.54, 1.807) is 0 Å². The van der Waals surface area contributed by atoms with Gasteiger partial charge in [-0.25, -0.2) is 4.98 Å². The molecular formula is C35H48ClN3O8Si. The number of allylic oxidation sites excluding steroid dienone is 1. The number of aromatic nitrogens is 2. The van der Waals surface area contributed by atoms with Crippen LogP contribution in [0.1, 0.15) is 115 Å². The zero-order valence-corrected chi connectivity index (χ0v) is 31.2. The molecule has 48 heavy (non-hydrogen) atoms. The minimum atomic E-state index is -2.85. The van der Waals surface area contributed by atoms with Gasteiger partial charge in [0, 0.05) is 17.1 Å². The van der Waals surface area contributed by atoms with Crippen LogP contribution in [0.3, 0.4) is 0 Å². The van der Waals surface area contributed by atoms with E-state index in [1.807, 2.05) is 45.9 Å². The summed E-state index contributed by atoms with van der Waals surface area (Å²) >= 11 is 6.64. The third-order valence-corrected chi connectivity index (χ3v) is 15.3. The Morgan fingerprint density at radius 1 is 1.10 bits per heavy atom.